The Hall–Kier alpha value is -1.88. The second-order valence-corrected chi connectivity index (χ2v) is 4.98. The van der Waals surface area contributed by atoms with Gasteiger partial charge in [0.1, 0.15) is 0 Å². The van der Waals surface area contributed by atoms with Crippen LogP contribution < -0.4 is 0 Å². The van der Waals surface area contributed by atoms with Crippen LogP contribution in [0, 0.1) is 0 Å². The van der Waals surface area contributed by atoms with E-state index in [0.717, 1.165) is 18.4 Å². The van der Waals surface area contributed by atoms with Crippen molar-refractivity contribution in [3.63, 3.8) is 0 Å². The molecule has 1 aromatic rings. The van der Waals surface area contributed by atoms with Crippen LogP contribution in [0.5, 0.6) is 0 Å². The third kappa shape index (κ3) is 3.17. The number of hydrogen-bond donors (Lipinski definition) is 1. The molecule has 0 bridgehead atoms. The van der Waals surface area contributed by atoms with Gasteiger partial charge in [0, 0.05) is 25.3 Å². The number of carboxylic acids is 1. The maximum atomic E-state index is 12.6. The molecule has 0 aromatic heterocycles. The molecule has 5 heteroatoms. The van der Waals surface area contributed by atoms with Crippen LogP contribution in [0.15, 0.2) is 24.3 Å². The number of rotatable bonds is 5. The molecule has 1 aromatic carbocycles. The van der Waals surface area contributed by atoms with E-state index in [9.17, 15) is 9.59 Å². The number of benzene rings is 1. The van der Waals surface area contributed by atoms with Crippen LogP contribution in [-0.4, -0.2) is 41.6 Å². The second-order valence-electron chi connectivity index (χ2n) is 4.98. The topological polar surface area (TPSA) is 66.8 Å². The number of carbonyl (C=O) groups is 2. The van der Waals surface area contributed by atoms with E-state index in [1.165, 1.54) is 0 Å². The lowest BCUT2D eigenvalue weighted by Crippen LogP contribution is -2.37. The first-order valence-corrected chi connectivity index (χ1v) is 6.73. The highest BCUT2D eigenvalue weighted by Crippen LogP contribution is 2.24. The summed E-state index contributed by atoms with van der Waals surface area (Å²) in [6.07, 6.45) is 1.62. The zero-order valence-corrected chi connectivity index (χ0v) is 11.5. The summed E-state index contributed by atoms with van der Waals surface area (Å²) in [5.41, 5.74) is 1.44. The smallest absolute Gasteiger partial charge is 0.305 e. The molecular formula is C15H19NO4. The van der Waals surface area contributed by atoms with E-state index < -0.39 is 5.97 Å². The van der Waals surface area contributed by atoms with Gasteiger partial charge in [0.15, 0.2) is 0 Å². The minimum Gasteiger partial charge on any atom is -0.481 e. The molecule has 1 heterocycles. The zero-order valence-electron chi connectivity index (χ0n) is 11.5. The quantitative estimate of drug-likeness (QED) is 0.892. The van der Waals surface area contributed by atoms with E-state index in [2.05, 4.69) is 0 Å². The minimum atomic E-state index is -0.861. The maximum Gasteiger partial charge on any atom is 0.305 e. The van der Waals surface area contributed by atoms with E-state index >= 15 is 0 Å². The lowest BCUT2D eigenvalue weighted by molar-refractivity contribution is -0.137. The number of methoxy groups -OCH3 is 1. The fraction of sp³-hybridized carbons (Fsp3) is 0.467. The molecule has 0 radical (unpaired) electrons. The van der Waals surface area contributed by atoms with Gasteiger partial charge in [-0.05, 0) is 24.5 Å². The van der Waals surface area contributed by atoms with Gasteiger partial charge in [0.2, 0.25) is 0 Å². The van der Waals surface area contributed by atoms with Gasteiger partial charge >= 0.3 is 5.97 Å². The van der Waals surface area contributed by atoms with Crippen molar-refractivity contribution < 1.29 is 19.4 Å². The predicted octanol–water partition coefficient (Wildman–Crippen LogP) is 1.91. The van der Waals surface area contributed by atoms with Gasteiger partial charge < -0.3 is 14.7 Å². The molecule has 5 nitrogen and oxygen atoms in total. The summed E-state index contributed by atoms with van der Waals surface area (Å²) in [6.45, 7) is 0.997. The van der Waals surface area contributed by atoms with Crippen LogP contribution in [-0.2, 0) is 16.1 Å². The largest absolute Gasteiger partial charge is 0.481 e. The molecule has 0 spiro atoms. The fourth-order valence-electron chi connectivity index (χ4n) is 2.68. The third-order valence-corrected chi connectivity index (χ3v) is 3.60. The summed E-state index contributed by atoms with van der Waals surface area (Å²) >= 11 is 0. The van der Waals surface area contributed by atoms with Gasteiger partial charge in [-0.25, -0.2) is 0 Å². The predicted molar refractivity (Wildman–Crippen MR) is 73.5 cm³/mol. The Morgan fingerprint density at radius 2 is 2.15 bits per heavy atom. The van der Waals surface area contributed by atoms with Gasteiger partial charge in [-0.1, -0.05) is 18.2 Å². The number of carbonyl (C=O) groups excluding carboxylic acids is 1. The second kappa shape index (κ2) is 6.52. The first-order valence-electron chi connectivity index (χ1n) is 6.73. The average Bonchev–Trinajstić information content (AvgIpc) is 2.86. The average molecular weight is 277 g/mol. The van der Waals surface area contributed by atoms with E-state index in [0.29, 0.717) is 18.7 Å². The highest BCUT2D eigenvalue weighted by atomic mass is 16.5. The van der Waals surface area contributed by atoms with Crippen LogP contribution >= 0.6 is 0 Å². The molecule has 1 fully saturated rings. The third-order valence-electron chi connectivity index (χ3n) is 3.60. The highest BCUT2D eigenvalue weighted by molar-refractivity contribution is 5.96. The van der Waals surface area contributed by atoms with Gasteiger partial charge in [0.05, 0.1) is 13.0 Å². The number of likely N-dealkylation sites (tertiary alicyclic amines) is 1. The van der Waals surface area contributed by atoms with Crippen molar-refractivity contribution in [3.8, 4) is 0 Å². The first kappa shape index (κ1) is 14.5. The molecular weight excluding hydrogens is 258 g/mol. The molecule has 1 amide bonds. The Labute approximate surface area is 118 Å². The molecule has 2 rings (SSSR count). The Morgan fingerprint density at radius 3 is 2.85 bits per heavy atom. The van der Waals surface area contributed by atoms with Crippen molar-refractivity contribution in [2.75, 3.05) is 13.7 Å². The monoisotopic (exact) mass is 277 g/mol. The van der Waals surface area contributed by atoms with Gasteiger partial charge in [-0.15, -0.1) is 0 Å². The number of carboxylic acid groups (broad SMARTS) is 1. The van der Waals surface area contributed by atoms with Gasteiger partial charge in [-0.2, -0.15) is 0 Å². The standard InChI is InChI=1S/C15H19NO4/c1-20-10-11-5-2-3-7-13(11)15(19)16-8-4-6-12(16)9-14(17)18/h2-3,5,7,12H,4,6,8-10H2,1H3,(H,17,18). The number of amides is 1. The lowest BCUT2D eigenvalue weighted by atomic mass is 10.1. The van der Waals surface area contributed by atoms with Crippen LogP contribution in [0.3, 0.4) is 0 Å². The summed E-state index contributed by atoms with van der Waals surface area (Å²) in [5.74, 6) is -0.957. The molecule has 1 atom stereocenters. The van der Waals surface area contributed by atoms with Gasteiger partial charge in [-0.3, -0.25) is 9.59 Å². The Morgan fingerprint density at radius 1 is 1.40 bits per heavy atom. The van der Waals surface area contributed by atoms with Crippen molar-refractivity contribution in [1.29, 1.82) is 0 Å². The summed E-state index contributed by atoms with van der Waals surface area (Å²) in [5, 5.41) is 8.92. The highest BCUT2D eigenvalue weighted by Gasteiger charge is 2.31. The summed E-state index contributed by atoms with van der Waals surface area (Å²) in [6, 6.07) is 7.11. The number of ether oxygens (including phenoxy) is 1. The molecule has 1 aliphatic heterocycles. The normalized spacial score (nSPS) is 18.2. The molecule has 1 saturated heterocycles. The van der Waals surface area contributed by atoms with Crippen molar-refractivity contribution >= 4 is 11.9 Å². The number of hydrogen-bond acceptors (Lipinski definition) is 3. The van der Waals surface area contributed by atoms with Crippen LogP contribution in [0.4, 0.5) is 0 Å². The van der Waals surface area contributed by atoms with Crippen molar-refractivity contribution in [3.05, 3.63) is 35.4 Å². The first-order chi connectivity index (χ1) is 9.63. The molecule has 20 heavy (non-hydrogen) atoms. The minimum absolute atomic E-state index is 0.0121. The maximum absolute atomic E-state index is 12.6. The summed E-state index contributed by atoms with van der Waals surface area (Å²) in [4.78, 5) is 25.2. The van der Waals surface area contributed by atoms with Crippen molar-refractivity contribution in [2.24, 2.45) is 0 Å². The Bertz CT molecular complexity index is 500. The van der Waals surface area contributed by atoms with E-state index in [4.69, 9.17) is 9.84 Å². The number of nitrogens with zero attached hydrogens (tertiary/aromatic N) is 1. The number of aliphatic carboxylic acids is 1. The van der Waals surface area contributed by atoms with Crippen LogP contribution in [0.25, 0.3) is 0 Å². The summed E-state index contributed by atoms with van der Waals surface area (Å²) in [7, 11) is 1.59. The Kier molecular flexibility index (Phi) is 4.74. The molecule has 0 saturated carbocycles. The fourth-order valence-corrected chi connectivity index (χ4v) is 2.68. The zero-order chi connectivity index (χ0) is 14.5. The van der Waals surface area contributed by atoms with Crippen LogP contribution in [0.1, 0.15) is 35.2 Å². The summed E-state index contributed by atoms with van der Waals surface area (Å²) < 4.78 is 5.11. The van der Waals surface area contributed by atoms with Crippen molar-refractivity contribution in [2.45, 2.75) is 31.9 Å². The molecule has 1 aliphatic rings. The molecule has 1 N–H and O–H groups in total. The van der Waals surface area contributed by atoms with Crippen LogP contribution in [0.2, 0.25) is 0 Å². The molecule has 1 unspecified atom stereocenters. The van der Waals surface area contributed by atoms with E-state index in [1.807, 2.05) is 18.2 Å². The SMILES string of the molecule is COCc1ccccc1C(=O)N1CCCC1CC(=O)O. The van der Waals surface area contributed by atoms with E-state index in [1.54, 1.807) is 18.1 Å². The Balaban J connectivity index is 2.20. The molecule has 108 valence electrons. The van der Waals surface area contributed by atoms with Crippen molar-refractivity contribution in [1.82, 2.24) is 4.90 Å². The lowest BCUT2D eigenvalue weighted by Gasteiger charge is -2.24. The van der Waals surface area contributed by atoms with E-state index in [-0.39, 0.29) is 18.4 Å². The molecule has 0 aliphatic carbocycles. The van der Waals surface area contributed by atoms with Gasteiger partial charge in [0.25, 0.3) is 5.91 Å².